The summed E-state index contributed by atoms with van der Waals surface area (Å²) in [4.78, 5) is 2.61. The van der Waals surface area contributed by atoms with E-state index >= 15 is 0 Å². The monoisotopic (exact) mass is 290 g/mol. The van der Waals surface area contributed by atoms with E-state index in [1.807, 2.05) is 0 Å². The Morgan fingerprint density at radius 3 is 2.67 bits per heavy atom. The van der Waals surface area contributed by atoms with Crippen molar-refractivity contribution in [3.8, 4) is 5.75 Å². The normalized spacial score (nSPS) is 24.1. The summed E-state index contributed by atoms with van der Waals surface area (Å²) in [5.74, 6) is 0.999. The van der Waals surface area contributed by atoms with Gasteiger partial charge in [-0.25, -0.2) is 0 Å². The number of benzene rings is 1. The Balaban J connectivity index is 2.24. The third-order valence-corrected chi connectivity index (χ3v) is 4.42. The molecular formula is C18H30N2O. The zero-order valence-corrected chi connectivity index (χ0v) is 14.4. The Morgan fingerprint density at radius 1 is 1.33 bits per heavy atom. The summed E-state index contributed by atoms with van der Waals surface area (Å²) in [5.41, 5.74) is 2.85. The average molecular weight is 290 g/mol. The quantitative estimate of drug-likeness (QED) is 0.925. The van der Waals surface area contributed by atoms with E-state index in [1.165, 1.54) is 11.1 Å². The van der Waals surface area contributed by atoms with Crippen LogP contribution < -0.4 is 10.1 Å². The molecule has 1 fully saturated rings. The van der Waals surface area contributed by atoms with Gasteiger partial charge in [-0.3, -0.25) is 4.90 Å². The number of nitrogens with one attached hydrogen (secondary N) is 1. The van der Waals surface area contributed by atoms with Crippen molar-refractivity contribution in [2.75, 3.05) is 20.2 Å². The molecule has 0 aliphatic carbocycles. The molecule has 1 heterocycles. The van der Waals surface area contributed by atoms with Crippen LogP contribution in [0.15, 0.2) is 18.2 Å². The van der Waals surface area contributed by atoms with Gasteiger partial charge < -0.3 is 10.1 Å². The Bertz CT molecular complexity index is 479. The lowest BCUT2D eigenvalue weighted by Crippen LogP contribution is -2.59. The van der Waals surface area contributed by atoms with Crippen molar-refractivity contribution in [1.82, 2.24) is 10.2 Å². The van der Waals surface area contributed by atoms with Gasteiger partial charge in [0.2, 0.25) is 0 Å². The van der Waals surface area contributed by atoms with Crippen LogP contribution in [0.3, 0.4) is 0 Å². The van der Waals surface area contributed by atoms with Crippen LogP contribution in [0, 0.1) is 12.3 Å². The van der Waals surface area contributed by atoms with Crippen molar-refractivity contribution in [2.45, 2.75) is 53.2 Å². The van der Waals surface area contributed by atoms with Gasteiger partial charge in [0.1, 0.15) is 5.75 Å². The lowest BCUT2D eigenvalue weighted by atomic mass is 9.83. The second-order valence-electron chi connectivity index (χ2n) is 7.44. The van der Waals surface area contributed by atoms with E-state index in [2.05, 4.69) is 63.0 Å². The number of rotatable bonds is 3. The van der Waals surface area contributed by atoms with E-state index in [0.29, 0.717) is 12.1 Å². The lowest BCUT2D eigenvalue weighted by Gasteiger charge is -2.46. The van der Waals surface area contributed by atoms with Crippen LogP contribution in [0.4, 0.5) is 0 Å². The summed E-state index contributed by atoms with van der Waals surface area (Å²) < 4.78 is 5.55. The van der Waals surface area contributed by atoms with Crippen LogP contribution in [0.25, 0.3) is 0 Å². The second kappa shape index (κ2) is 6.37. The molecule has 1 aromatic carbocycles. The van der Waals surface area contributed by atoms with Gasteiger partial charge in [-0.2, -0.15) is 0 Å². The maximum atomic E-state index is 5.55. The summed E-state index contributed by atoms with van der Waals surface area (Å²) in [6.45, 7) is 14.5. The third-order valence-electron chi connectivity index (χ3n) is 4.42. The van der Waals surface area contributed by atoms with E-state index in [4.69, 9.17) is 4.74 Å². The maximum Gasteiger partial charge on any atom is 0.123 e. The van der Waals surface area contributed by atoms with E-state index in [0.717, 1.165) is 25.4 Å². The Labute approximate surface area is 129 Å². The number of piperazine rings is 1. The molecule has 0 amide bonds. The molecule has 1 aromatic rings. The summed E-state index contributed by atoms with van der Waals surface area (Å²) in [6, 6.07) is 7.54. The molecule has 21 heavy (non-hydrogen) atoms. The number of aryl methyl sites for hydroxylation is 1. The fourth-order valence-corrected chi connectivity index (χ4v) is 3.26. The molecule has 0 bridgehead atoms. The van der Waals surface area contributed by atoms with Crippen LogP contribution in [0.1, 0.15) is 38.8 Å². The molecule has 0 saturated carbocycles. The van der Waals surface area contributed by atoms with E-state index in [9.17, 15) is 0 Å². The minimum atomic E-state index is 0.268. The number of hydrogen-bond donors (Lipinski definition) is 1. The van der Waals surface area contributed by atoms with E-state index in [-0.39, 0.29) is 5.41 Å². The number of hydrogen-bond acceptors (Lipinski definition) is 3. The van der Waals surface area contributed by atoms with Gasteiger partial charge in [-0.15, -0.1) is 0 Å². The van der Waals surface area contributed by atoms with Gasteiger partial charge in [-0.1, -0.05) is 38.5 Å². The number of ether oxygens (including phenoxy) is 1. The lowest BCUT2D eigenvalue weighted by molar-refractivity contribution is 0.0520. The largest absolute Gasteiger partial charge is 0.496 e. The summed E-state index contributed by atoms with van der Waals surface area (Å²) in [5, 5.41) is 3.62. The van der Waals surface area contributed by atoms with Crippen molar-refractivity contribution in [1.29, 1.82) is 0 Å². The first kappa shape index (κ1) is 16.3. The summed E-state index contributed by atoms with van der Waals surface area (Å²) in [7, 11) is 1.76. The van der Waals surface area contributed by atoms with Crippen LogP contribution in [0.5, 0.6) is 5.75 Å². The molecule has 3 nitrogen and oxygen atoms in total. The molecule has 0 radical (unpaired) electrons. The molecule has 3 heteroatoms. The van der Waals surface area contributed by atoms with Crippen molar-refractivity contribution >= 4 is 0 Å². The zero-order valence-electron chi connectivity index (χ0n) is 14.4. The van der Waals surface area contributed by atoms with Gasteiger partial charge in [-0.05, 0) is 25.3 Å². The van der Waals surface area contributed by atoms with Crippen molar-refractivity contribution < 1.29 is 4.74 Å². The molecule has 118 valence electrons. The average Bonchev–Trinajstić information content (AvgIpc) is 2.37. The Hall–Kier alpha value is -1.06. The molecule has 1 N–H and O–H groups in total. The minimum Gasteiger partial charge on any atom is -0.496 e. The maximum absolute atomic E-state index is 5.55. The first-order chi connectivity index (χ1) is 9.81. The van der Waals surface area contributed by atoms with Gasteiger partial charge in [0.15, 0.2) is 0 Å². The molecule has 0 aromatic heterocycles. The number of methoxy groups -OCH3 is 1. The first-order valence-corrected chi connectivity index (χ1v) is 7.92. The Morgan fingerprint density at radius 2 is 2.05 bits per heavy atom. The number of nitrogens with zero attached hydrogens (tertiary/aromatic N) is 1. The van der Waals surface area contributed by atoms with Gasteiger partial charge in [0.05, 0.1) is 7.11 Å². The SMILES string of the molecule is COc1ccc(C)cc1CN1CC(C)NCC1C(C)(C)C. The van der Waals surface area contributed by atoms with E-state index in [1.54, 1.807) is 7.11 Å². The highest BCUT2D eigenvalue weighted by atomic mass is 16.5. The van der Waals surface area contributed by atoms with Gasteiger partial charge in [0, 0.05) is 37.3 Å². The van der Waals surface area contributed by atoms with E-state index < -0.39 is 0 Å². The molecule has 2 atom stereocenters. The highest BCUT2D eigenvalue weighted by Crippen LogP contribution is 2.30. The molecule has 2 unspecified atom stereocenters. The van der Waals surface area contributed by atoms with Crippen molar-refractivity contribution in [2.24, 2.45) is 5.41 Å². The standard InChI is InChI=1S/C18H30N2O/c1-13-7-8-16(21-6)15(9-13)12-20-11-14(2)19-10-17(20)18(3,4)5/h7-9,14,17,19H,10-12H2,1-6H3. The summed E-state index contributed by atoms with van der Waals surface area (Å²) >= 11 is 0. The fourth-order valence-electron chi connectivity index (χ4n) is 3.26. The van der Waals surface area contributed by atoms with Crippen LogP contribution in [-0.2, 0) is 6.54 Å². The topological polar surface area (TPSA) is 24.5 Å². The van der Waals surface area contributed by atoms with Crippen LogP contribution in [-0.4, -0.2) is 37.2 Å². The smallest absolute Gasteiger partial charge is 0.123 e. The van der Waals surface area contributed by atoms with Gasteiger partial charge >= 0.3 is 0 Å². The molecular weight excluding hydrogens is 260 g/mol. The minimum absolute atomic E-state index is 0.268. The van der Waals surface area contributed by atoms with Crippen LogP contribution >= 0.6 is 0 Å². The molecule has 1 aliphatic rings. The van der Waals surface area contributed by atoms with Gasteiger partial charge in [0.25, 0.3) is 0 Å². The van der Waals surface area contributed by atoms with Crippen molar-refractivity contribution in [3.05, 3.63) is 29.3 Å². The third kappa shape index (κ3) is 3.98. The zero-order chi connectivity index (χ0) is 15.6. The highest BCUT2D eigenvalue weighted by Gasteiger charge is 2.34. The molecule has 2 rings (SSSR count). The second-order valence-corrected chi connectivity index (χ2v) is 7.44. The molecule has 1 aliphatic heterocycles. The predicted molar refractivity (Wildman–Crippen MR) is 88.8 cm³/mol. The Kier molecular flexibility index (Phi) is 4.95. The first-order valence-electron chi connectivity index (χ1n) is 7.92. The predicted octanol–water partition coefficient (Wildman–Crippen LogP) is 3.21. The van der Waals surface area contributed by atoms with Crippen molar-refractivity contribution in [3.63, 3.8) is 0 Å². The summed E-state index contributed by atoms with van der Waals surface area (Å²) in [6.07, 6.45) is 0. The van der Waals surface area contributed by atoms with Crippen LogP contribution in [0.2, 0.25) is 0 Å². The highest BCUT2D eigenvalue weighted by molar-refractivity contribution is 5.37. The molecule has 0 spiro atoms. The fraction of sp³-hybridized carbons (Fsp3) is 0.667. The molecule has 1 saturated heterocycles.